The number of rotatable bonds is 4. The number of carbonyl (C=O) groups excluding carboxylic acids is 1. The molecule has 1 saturated heterocycles. The maximum Gasteiger partial charge on any atom is 0.270 e. The molecule has 1 N–H and O–H groups in total. The van der Waals surface area contributed by atoms with Crippen LogP contribution in [0.25, 0.3) is 10.9 Å². The highest BCUT2D eigenvalue weighted by Crippen LogP contribution is 2.35. The van der Waals surface area contributed by atoms with Crippen LogP contribution in [0.2, 0.25) is 0 Å². The van der Waals surface area contributed by atoms with Crippen molar-refractivity contribution >= 4 is 16.8 Å². The van der Waals surface area contributed by atoms with E-state index < -0.39 is 6.10 Å². The van der Waals surface area contributed by atoms with Crippen LogP contribution in [0.3, 0.4) is 0 Å². The van der Waals surface area contributed by atoms with Crippen molar-refractivity contribution in [2.24, 2.45) is 5.92 Å². The lowest BCUT2D eigenvalue weighted by Crippen LogP contribution is -2.49. The van der Waals surface area contributed by atoms with E-state index in [1.54, 1.807) is 11.0 Å². The fourth-order valence-corrected chi connectivity index (χ4v) is 6.34. The Morgan fingerprint density at radius 2 is 1.88 bits per heavy atom. The van der Waals surface area contributed by atoms with Gasteiger partial charge in [-0.1, -0.05) is 24.3 Å². The van der Waals surface area contributed by atoms with Crippen LogP contribution >= 0.6 is 0 Å². The van der Waals surface area contributed by atoms with Crippen LogP contribution in [0.5, 0.6) is 0 Å². The van der Waals surface area contributed by atoms with Crippen LogP contribution in [0, 0.1) is 5.92 Å². The van der Waals surface area contributed by atoms with Gasteiger partial charge >= 0.3 is 0 Å². The maximum absolute atomic E-state index is 13.0. The molecule has 5 heterocycles. The van der Waals surface area contributed by atoms with E-state index in [0.29, 0.717) is 24.9 Å². The number of piperidine rings is 1. The summed E-state index contributed by atoms with van der Waals surface area (Å²) in [4.78, 5) is 29.4. The molecule has 3 aliphatic heterocycles. The largest absolute Gasteiger partial charge is 0.390 e. The minimum Gasteiger partial charge on any atom is -0.390 e. The van der Waals surface area contributed by atoms with Gasteiger partial charge in [-0.2, -0.15) is 0 Å². The average molecular weight is 447 g/mol. The standard InChI is InChI=1S/C26H30N4O3/c1-27-10-9-21-20-5-2-3-6-23(20)30(25(21)26(27)33)16-19(31)15-28-12-17-11-18(14-28)22-7-4-8-24(32)29(22)13-17/h2-8,17-19,31H,9-16H2,1H3/t17-,18-,19-/m1/s1. The summed E-state index contributed by atoms with van der Waals surface area (Å²) in [5, 5.41) is 12.3. The summed E-state index contributed by atoms with van der Waals surface area (Å²) in [6.07, 6.45) is 1.36. The van der Waals surface area contributed by atoms with Crippen molar-refractivity contribution in [3.63, 3.8) is 0 Å². The van der Waals surface area contributed by atoms with Crippen LogP contribution < -0.4 is 5.56 Å². The average Bonchev–Trinajstić information content (AvgIpc) is 3.11. The molecule has 1 aromatic carbocycles. The van der Waals surface area contributed by atoms with E-state index in [9.17, 15) is 14.7 Å². The molecule has 0 spiro atoms. The molecule has 0 radical (unpaired) electrons. The van der Waals surface area contributed by atoms with Crippen molar-refractivity contribution in [1.29, 1.82) is 0 Å². The maximum atomic E-state index is 13.0. The summed E-state index contributed by atoms with van der Waals surface area (Å²) >= 11 is 0. The zero-order valence-corrected chi connectivity index (χ0v) is 19.0. The van der Waals surface area contributed by atoms with Gasteiger partial charge in [-0.25, -0.2) is 0 Å². The molecule has 6 rings (SSSR count). The number of β-amino-alcohol motifs (C(OH)–C–C–N with tert-alkyl or cyclic N) is 1. The van der Waals surface area contributed by atoms with E-state index >= 15 is 0 Å². The van der Waals surface area contributed by atoms with E-state index in [0.717, 1.165) is 66.9 Å². The molecule has 3 atom stereocenters. The first-order valence-electron chi connectivity index (χ1n) is 12.0. The predicted molar refractivity (Wildman–Crippen MR) is 127 cm³/mol. The normalized spacial score (nSPS) is 23.5. The number of hydrogen-bond donors (Lipinski definition) is 1. The number of pyridine rings is 1. The van der Waals surface area contributed by atoms with Crippen molar-refractivity contribution in [3.05, 3.63) is 69.8 Å². The molecule has 2 aromatic heterocycles. The van der Waals surface area contributed by atoms with Gasteiger partial charge in [-0.05, 0) is 36.5 Å². The first-order valence-corrected chi connectivity index (χ1v) is 12.0. The summed E-state index contributed by atoms with van der Waals surface area (Å²) in [6, 6.07) is 13.7. The van der Waals surface area contributed by atoms with Gasteiger partial charge in [-0.3, -0.25) is 14.5 Å². The Labute approximate surface area is 192 Å². The van der Waals surface area contributed by atoms with Crippen molar-refractivity contribution in [1.82, 2.24) is 18.9 Å². The summed E-state index contributed by atoms with van der Waals surface area (Å²) in [6.45, 7) is 4.19. The van der Waals surface area contributed by atoms with E-state index in [4.69, 9.17) is 0 Å². The smallest absolute Gasteiger partial charge is 0.270 e. The molecule has 0 unspecified atom stereocenters. The molecular weight excluding hydrogens is 416 g/mol. The Morgan fingerprint density at radius 1 is 1.03 bits per heavy atom. The first kappa shape index (κ1) is 20.7. The van der Waals surface area contributed by atoms with Gasteiger partial charge in [0, 0.05) is 68.4 Å². The number of aliphatic hydroxyl groups excluding tert-OH is 1. The highest BCUT2D eigenvalue weighted by molar-refractivity contribution is 6.02. The minimum atomic E-state index is -0.582. The Morgan fingerprint density at radius 3 is 2.76 bits per heavy atom. The van der Waals surface area contributed by atoms with Gasteiger partial charge in [-0.15, -0.1) is 0 Å². The Bertz CT molecular complexity index is 1290. The number of likely N-dealkylation sites (tertiary alicyclic amines) is 1. The van der Waals surface area contributed by atoms with Gasteiger partial charge in [0.1, 0.15) is 5.69 Å². The summed E-state index contributed by atoms with van der Waals surface area (Å²) in [7, 11) is 1.85. The molecule has 33 heavy (non-hydrogen) atoms. The van der Waals surface area contributed by atoms with Crippen LogP contribution in [0.15, 0.2) is 47.3 Å². The number of amides is 1. The van der Waals surface area contributed by atoms with Crippen molar-refractivity contribution in [3.8, 4) is 0 Å². The lowest BCUT2D eigenvalue weighted by Gasteiger charge is -2.43. The zero-order chi connectivity index (χ0) is 22.7. The van der Waals surface area contributed by atoms with E-state index in [2.05, 4.69) is 17.0 Å². The van der Waals surface area contributed by atoms with Crippen molar-refractivity contribution in [2.45, 2.75) is 38.0 Å². The van der Waals surface area contributed by atoms with Crippen molar-refractivity contribution < 1.29 is 9.90 Å². The minimum absolute atomic E-state index is 0.0363. The van der Waals surface area contributed by atoms with Crippen molar-refractivity contribution in [2.75, 3.05) is 33.2 Å². The van der Waals surface area contributed by atoms with E-state index in [-0.39, 0.29) is 11.5 Å². The fraction of sp³-hybridized carbons (Fsp3) is 0.462. The summed E-state index contributed by atoms with van der Waals surface area (Å²) in [5.74, 6) is 0.794. The quantitative estimate of drug-likeness (QED) is 0.665. The van der Waals surface area contributed by atoms with Gasteiger partial charge in [0.05, 0.1) is 12.6 Å². The number of likely N-dealkylation sites (N-methyl/N-ethyl adjacent to an activating group) is 1. The lowest BCUT2D eigenvalue weighted by molar-refractivity contribution is 0.0542. The van der Waals surface area contributed by atoms with Crippen LogP contribution in [-0.4, -0.2) is 69.3 Å². The molecule has 7 nitrogen and oxygen atoms in total. The molecule has 1 fully saturated rings. The first-order chi connectivity index (χ1) is 16.0. The molecule has 172 valence electrons. The number of hydrogen-bond acceptors (Lipinski definition) is 4. The second kappa shape index (κ2) is 7.85. The molecule has 3 aromatic rings. The summed E-state index contributed by atoms with van der Waals surface area (Å²) < 4.78 is 3.97. The molecule has 3 aliphatic rings. The third kappa shape index (κ3) is 3.42. The molecule has 0 aliphatic carbocycles. The topological polar surface area (TPSA) is 70.7 Å². The monoisotopic (exact) mass is 446 g/mol. The number of aromatic nitrogens is 2. The van der Waals surface area contributed by atoms with Gasteiger partial charge in [0.15, 0.2) is 0 Å². The second-order valence-electron chi connectivity index (χ2n) is 10.0. The van der Waals surface area contributed by atoms with E-state index in [1.807, 2.05) is 40.4 Å². The number of benzene rings is 1. The number of nitrogens with zero attached hydrogens (tertiary/aromatic N) is 4. The number of para-hydroxylation sites is 1. The lowest BCUT2D eigenvalue weighted by atomic mass is 9.83. The third-order valence-electron chi connectivity index (χ3n) is 7.74. The molecule has 0 saturated carbocycles. The zero-order valence-electron chi connectivity index (χ0n) is 19.0. The molecule has 1 amide bonds. The van der Waals surface area contributed by atoms with Gasteiger partial charge in [0.2, 0.25) is 0 Å². The third-order valence-corrected chi connectivity index (χ3v) is 7.74. The highest BCUT2D eigenvalue weighted by atomic mass is 16.3. The Balaban J connectivity index is 1.24. The van der Waals surface area contributed by atoms with Crippen LogP contribution in [0.4, 0.5) is 0 Å². The Hall–Kier alpha value is -2.90. The fourth-order valence-electron chi connectivity index (χ4n) is 6.34. The molecule has 7 heteroatoms. The SMILES string of the molecule is CN1CCc2c(n(C[C@H](O)CN3C[C@H]4C[C@H](C3)c3cccc(=O)n3C4)c3ccccc23)C1=O. The molecule has 2 bridgehead atoms. The van der Waals surface area contributed by atoms with Crippen LogP contribution in [0.1, 0.15) is 34.1 Å². The number of carbonyl (C=O) groups is 1. The summed E-state index contributed by atoms with van der Waals surface area (Å²) in [5.41, 5.74) is 4.07. The second-order valence-corrected chi connectivity index (χ2v) is 10.0. The molecular formula is C26H30N4O3. The van der Waals surface area contributed by atoms with Crippen LogP contribution in [-0.2, 0) is 19.5 Å². The van der Waals surface area contributed by atoms with Gasteiger partial charge in [0.25, 0.3) is 11.5 Å². The highest BCUT2D eigenvalue weighted by Gasteiger charge is 2.35. The number of aliphatic hydroxyl groups is 1. The number of fused-ring (bicyclic) bond motifs is 7. The Kier molecular flexibility index (Phi) is 4.92. The predicted octanol–water partition coefficient (Wildman–Crippen LogP) is 1.91. The van der Waals surface area contributed by atoms with E-state index in [1.165, 1.54) is 0 Å². The van der Waals surface area contributed by atoms with Gasteiger partial charge < -0.3 is 19.1 Å².